The van der Waals surface area contributed by atoms with Gasteiger partial charge in [-0.25, -0.2) is 0 Å². The second-order valence-corrected chi connectivity index (χ2v) is 11.8. The molecule has 7 rings (SSSR count). The summed E-state index contributed by atoms with van der Waals surface area (Å²) in [6, 6.07) is 40.3. The van der Waals surface area contributed by atoms with Crippen molar-refractivity contribution < 1.29 is 0 Å². The third kappa shape index (κ3) is 3.65. The first kappa shape index (κ1) is 22.5. The molecule has 3 heteroatoms. The van der Waals surface area contributed by atoms with Gasteiger partial charge in [-0.15, -0.1) is 22.7 Å². The van der Waals surface area contributed by atoms with Gasteiger partial charge >= 0.3 is 0 Å². The Morgan fingerprint density at radius 2 is 1.05 bits per heavy atom. The van der Waals surface area contributed by atoms with Crippen LogP contribution in [-0.2, 0) is 0 Å². The van der Waals surface area contributed by atoms with E-state index in [1.807, 2.05) is 22.7 Å². The summed E-state index contributed by atoms with van der Waals surface area (Å²) in [7, 11) is 0. The molecule has 180 valence electrons. The van der Waals surface area contributed by atoms with Crippen LogP contribution < -0.4 is 4.90 Å². The summed E-state index contributed by atoms with van der Waals surface area (Å²) < 4.78 is 5.31. The summed E-state index contributed by atoms with van der Waals surface area (Å²) in [6.07, 6.45) is 1.14. The summed E-state index contributed by atoms with van der Waals surface area (Å²) in [5.41, 5.74) is 5.06. The van der Waals surface area contributed by atoms with Gasteiger partial charge < -0.3 is 4.90 Å². The van der Waals surface area contributed by atoms with Crippen molar-refractivity contribution in [1.29, 1.82) is 0 Å². The van der Waals surface area contributed by atoms with Gasteiger partial charge in [0.05, 0.1) is 20.8 Å². The molecule has 2 heterocycles. The fourth-order valence-electron chi connectivity index (χ4n) is 5.41. The topological polar surface area (TPSA) is 3.24 Å². The molecule has 0 aliphatic heterocycles. The van der Waals surface area contributed by atoms with Crippen molar-refractivity contribution in [2.45, 2.75) is 26.2 Å². The zero-order chi connectivity index (χ0) is 24.9. The second kappa shape index (κ2) is 9.02. The van der Waals surface area contributed by atoms with E-state index < -0.39 is 0 Å². The number of nitrogens with zero attached hydrogens (tertiary/aromatic N) is 1. The second-order valence-electron chi connectivity index (χ2n) is 9.74. The molecule has 0 aliphatic rings. The molecule has 0 saturated carbocycles. The van der Waals surface area contributed by atoms with Gasteiger partial charge in [-0.3, -0.25) is 0 Å². The van der Waals surface area contributed by atoms with Gasteiger partial charge in [0, 0.05) is 36.6 Å². The number of anilines is 3. The molecular formula is C34H27NS2. The van der Waals surface area contributed by atoms with Crippen LogP contribution in [-0.4, -0.2) is 0 Å². The Hall–Kier alpha value is -3.66. The highest BCUT2D eigenvalue weighted by Gasteiger charge is 2.21. The molecule has 0 amide bonds. The normalized spacial score (nSPS) is 12.6. The average molecular weight is 514 g/mol. The van der Waals surface area contributed by atoms with Crippen LogP contribution in [0.3, 0.4) is 0 Å². The number of fused-ring (bicyclic) bond motifs is 6. The van der Waals surface area contributed by atoms with Crippen LogP contribution in [0.25, 0.3) is 40.3 Å². The molecule has 7 aromatic rings. The Balaban J connectivity index is 1.53. The molecule has 0 aliphatic carbocycles. The summed E-state index contributed by atoms with van der Waals surface area (Å²) in [5.74, 6) is 0.555. The minimum absolute atomic E-state index is 0.555. The molecular weight excluding hydrogens is 487 g/mol. The van der Waals surface area contributed by atoms with Crippen LogP contribution in [0, 0.1) is 0 Å². The predicted molar refractivity (Wildman–Crippen MR) is 166 cm³/mol. The van der Waals surface area contributed by atoms with E-state index in [0.29, 0.717) is 5.92 Å². The smallest absolute Gasteiger partial charge is 0.0640 e. The van der Waals surface area contributed by atoms with Crippen LogP contribution in [0.5, 0.6) is 0 Å². The Bertz CT molecular complexity index is 1780. The van der Waals surface area contributed by atoms with Gasteiger partial charge in [0.25, 0.3) is 0 Å². The number of hydrogen-bond donors (Lipinski definition) is 0. The lowest BCUT2D eigenvalue weighted by Crippen LogP contribution is -2.10. The zero-order valence-electron chi connectivity index (χ0n) is 20.9. The maximum Gasteiger partial charge on any atom is 0.0640 e. The number of hydrogen-bond acceptors (Lipinski definition) is 3. The highest BCUT2D eigenvalue weighted by Crippen LogP contribution is 2.48. The first-order valence-corrected chi connectivity index (χ1v) is 14.6. The monoisotopic (exact) mass is 513 g/mol. The highest BCUT2D eigenvalue weighted by molar-refractivity contribution is 7.27. The maximum absolute atomic E-state index is 2.48. The Labute approximate surface area is 225 Å². The summed E-state index contributed by atoms with van der Waals surface area (Å²) in [4.78, 5) is 2.48. The van der Waals surface area contributed by atoms with Crippen LogP contribution in [0.15, 0.2) is 109 Å². The quantitative estimate of drug-likeness (QED) is 0.221. The first-order valence-electron chi connectivity index (χ1n) is 12.9. The first-order chi connectivity index (χ1) is 18.2. The van der Waals surface area contributed by atoms with E-state index in [4.69, 9.17) is 0 Å². The highest BCUT2D eigenvalue weighted by atomic mass is 32.1. The minimum Gasteiger partial charge on any atom is -0.308 e. The third-order valence-corrected chi connectivity index (χ3v) is 10.00. The van der Waals surface area contributed by atoms with Gasteiger partial charge in [-0.2, -0.15) is 0 Å². The van der Waals surface area contributed by atoms with E-state index in [1.54, 1.807) is 0 Å². The number of rotatable bonds is 5. The van der Waals surface area contributed by atoms with Gasteiger partial charge in [0.2, 0.25) is 0 Å². The van der Waals surface area contributed by atoms with E-state index in [2.05, 4.69) is 128 Å². The average Bonchev–Trinajstić information content (AvgIpc) is 3.53. The zero-order valence-corrected chi connectivity index (χ0v) is 22.6. The summed E-state index contributed by atoms with van der Waals surface area (Å²) in [6.45, 7) is 4.57. The molecule has 1 atom stereocenters. The minimum atomic E-state index is 0.555. The standard InChI is InChI=1S/C34H27NS2/c1-3-22(2)23-18-20-24(21-19-23)35(29-14-8-12-27-25-10-4-6-16-31(25)36-33(27)29)30-15-9-13-28-26-11-5-7-17-32(26)37-34(28)30/h4-22H,3H2,1-2H3. The summed E-state index contributed by atoms with van der Waals surface area (Å²) in [5, 5.41) is 5.30. The Morgan fingerprint density at radius 1 is 0.568 bits per heavy atom. The van der Waals surface area contributed by atoms with Crippen LogP contribution >= 0.6 is 22.7 Å². The van der Waals surface area contributed by atoms with E-state index in [1.165, 1.54) is 63.0 Å². The van der Waals surface area contributed by atoms with Crippen molar-refractivity contribution in [2.75, 3.05) is 4.90 Å². The van der Waals surface area contributed by atoms with E-state index in [9.17, 15) is 0 Å². The molecule has 1 nitrogen and oxygen atoms in total. The number of thiophene rings is 2. The van der Waals surface area contributed by atoms with E-state index in [-0.39, 0.29) is 0 Å². The van der Waals surface area contributed by atoms with Crippen molar-refractivity contribution in [1.82, 2.24) is 0 Å². The molecule has 0 N–H and O–H groups in total. The van der Waals surface area contributed by atoms with Crippen LogP contribution in [0.2, 0.25) is 0 Å². The van der Waals surface area contributed by atoms with Crippen molar-refractivity contribution in [3.63, 3.8) is 0 Å². The predicted octanol–water partition coefficient (Wildman–Crippen LogP) is 11.4. The lowest BCUT2D eigenvalue weighted by Gasteiger charge is -2.27. The molecule has 0 bridgehead atoms. The number of benzene rings is 5. The Morgan fingerprint density at radius 3 is 1.57 bits per heavy atom. The van der Waals surface area contributed by atoms with Gasteiger partial charge in [-0.1, -0.05) is 86.6 Å². The van der Waals surface area contributed by atoms with Crippen molar-refractivity contribution >= 4 is 80.1 Å². The lowest BCUT2D eigenvalue weighted by atomic mass is 9.98. The van der Waals surface area contributed by atoms with Gasteiger partial charge in [-0.05, 0) is 54.3 Å². The van der Waals surface area contributed by atoms with Crippen molar-refractivity contribution in [2.24, 2.45) is 0 Å². The van der Waals surface area contributed by atoms with Crippen LogP contribution in [0.1, 0.15) is 31.7 Å². The molecule has 5 aromatic carbocycles. The fraction of sp³-hybridized carbons (Fsp3) is 0.118. The van der Waals surface area contributed by atoms with Gasteiger partial charge in [0.15, 0.2) is 0 Å². The lowest BCUT2D eigenvalue weighted by molar-refractivity contribution is 0.733. The van der Waals surface area contributed by atoms with Crippen LogP contribution in [0.4, 0.5) is 17.1 Å². The molecule has 0 saturated heterocycles. The van der Waals surface area contributed by atoms with Crippen molar-refractivity contribution in [3.8, 4) is 0 Å². The molecule has 37 heavy (non-hydrogen) atoms. The van der Waals surface area contributed by atoms with E-state index in [0.717, 1.165) is 6.42 Å². The van der Waals surface area contributed by atoms with Gasteiger partial charge in [0.1, 0.15) is 0 Å². The SMILES string of the molecule is CCC(C)c1ccc(N(c2cccc3c2sc2ccccc23)c2cccc3c2sc2ccccc23)cc1. The molecule has 0 spiro atoms. The Kier molecular flexibility index (Phi) is 5.49. The molecule has 0 radical (unpaired) electrons. The molecule has 1 unspecified atom stereocenters. The maximum atomic E-state index is 2.48. The third-order valence-electron chi connectivity index (χ3n) is 7.58. The van der Waals surface area contributed by atoms with Crippen molar-refractivity contribution in [3.05, 3.63) is 115 Å². The molecule has 2 aromatic heterocycles. The molecule has 0 fully saturated rings. The fourth-order valence-corrected chi connectivity index (χ4v) is 7.82. The van der Waals surface area contributed by atoms with E-state index >= 15 is 0 Å². The summed E-state index contributed by atoms with van der Waals surface area (Å²) >= 11 is 3.78. The largest absolute Gasteiger partial charge is 0.308 e.